The number of H-pyrrole nitrogens is 1. The lowest BCUT2D eigenvalue weighted by Crippen LogP contribution is -2.39. The van der Waals surface area contributed by atoms with Gasteiger partial charge in [0, 0.05) is 24.2 Å². The Balaban J connectivity index is 2.05. The van der Waals surface area contributed by atoms with Crippen molar-refractivity contribution in [3.05, 3.63) is 17.0 Å². The molecule has 1 fully saturated rings. The predicted molar refractivity (Wildman–Crippen MR) is 80.5 cm³/mol. The zero-order chi connectivity index (χ0) is 14.9. The Kier molecular flexibility index (Phi) is 4.51. The maximum Gasteiger partial charge on any atom is 0.225 e. The molecule has 1 N–H and O–H groups in total. The van der Waals surface area contributed by atoms with Gasteiger partial charge in [0.15, 0.2) is 0 Å². The Bertz CT molecular complexity index is 461. The highest BCUT2D eigenvalue weighted by atomic mass is 16.2. The number of aromatic nitrogens is 2. The minimum absolute atomic E-state index is 0.0318. The fourth-order valence-corrected chi connectivity index (χ4v) is 3.36. The van der Waals surface area contributed by atoms with Crippen LogP contribution >= 0.6 is 0 Å². The molecule has 0 saturated carbocycles. The van der Waals surface area contributed by atoms with Gasteiger partial charge >= 0.3 is 0 Å². The van der Waals surface area contributed by atoms with Gasteiger partial charge in [-0.2, -0.15) is 5.10 Å². The second-order valence-electron chi connectivity index (χ2n) is 6.41. The lowest BCUT2D eigenvalue weighted by molar-refractivity contribution is -0.136. The Hall–Kier alpha value is -1.32. The van der Waals surface area contributed by atoms with Gasteiger partial charge in [0.2, 0.25) is 5.91 Å². The van der Waals surface area contributed by atoms with Crippen molar-refractivity contribution in [3.63, 3.8) is 0 Å². The van der Waals surface area contributed by atoms with Crippen LogP contribution in [0.3, 0.4) is 0 Å². The van der Waals surface area contributed by atoms with E-state index in [9.17, 15) is 4.79 Å². The Morgan fingerprint density at radius 2 is 2.20 bits per heavy atom. The highest BCUT2D eigenvalue weighted by Crippen LogP contribution is 2.27. The van der Waals surface area contributed by atoms with Crippen molar-refractivity contribution in [1.82, 2.24) is 15.1 Å². The molecule has 20 heavy (non-hydrogen) atoms. The minimum Gasteiger partial charge on any atom is -0.339 e. The maximum atomic E-state index is 12.7. The zero-order valence-corrected chi connectivity index (χ0v) is 13.4. The number of hydrogen-bond acceptors (Lipinski definition) is 2. The molecule has 2 heterocycles. The summed E-state index contributed by atoms with van der Waals surface area (Å²) < 4.78 is 0. The first-order valence-corrected chi connectivity index (χ1v) is 7.74. The molecule has 1 aromatic rings. The molecule has 0 spiro atoms. The van der Waals surface area contributed by atoms with Crippen molar-refractivity contribution in [2.45, 2.75) is 59.9 Å². The van der Waals surface area contributed by atoms with Crippen LogP contribution in [0.25, 0.3) is 0 Å². The van der Waals surface area contributed by atoms with E-state index in [1.54, 1.807) is 0 Å². The Morgan fingerprint density at radius 1 is 1.50 bits per heavy atom. The average Bonchev–Trinajstić information content (AvgIpc) is 2.94. The van der Waals surface area contributed by atoms with Crippen LogP contribution in [0.5, 0.6) is 0 Å². The third-order valence-electron chi connectivity index (χ3n) is 4.59. The second kappa shape index (κ2) is 5.98. The van der Waals surface area contributed by atoms with Gasteiger partial charge in [-0.1, -0.05) is 20.8 Å². The van der Waals surface area contributed by atoms with Crippen molar-refractivity contribution in [3.8, 4) is 0 Å². The Morgan fingerprint density at radius 3 is 2.75 bits per heavy atom. The number of nitrogens with one attached hydrogen (secondary N) is 1. The third kappa shape index (κ3) is 2.89. The normalized spacial score (nSPS) is 24.1. The average molecular weight is 277 g/mol. The van der Waals surface area contributed by atoms with Gasteiger partial charge < -0.3 is 4.90 Å². The standard InChI is InChI=1S/C16H27N3O/c1-6-14-7-10(2)9-19(14)16(20)11(3)8-15-12(4)17-18-13(15)5/h10-11,14H,6-9H2,1-5H3,(H,17,18)/t10-,11+,14-/m1/s1. The molecule has 4 heteroatoms. The van der Waals surface area contributed by atoms with Gasteiger partial charge in [0.25, 0.3) is 0 Å². The molecule has 112 valence electrons. The minimum atomic E-state index is 0.0318. The van der Waals surface area contributed by atoms with E-state index in [-0.39, 0.29) is 5.92 Å². The van der Waals surface area contributed by atoms with Crippen LogP contribution in [-0.4, -0.2) is 33.6 Å². The first-order valence-electron chi connectivity index (χ1n) is 7.74. The molecule has 0 aromatic carbocycles. The van der Waals surface area contributed by atoms with E-state index in [0.29, 0.717) is 17.9 Å². The molecule has 2 rings (SSSR count). The highest BCUT2D eigenvalue weighted by molar-refractivity contribution is 5.79. The van der Waals surface area contributed by atoms with Gasteiger partial charge in [0.05, 0.1) is 5.69 Å². The maximum absolute atomic E-state index is 12.7. The molecule has 0 bridgehead atoms. The van der Waals surface area contributed by atoms with Crippen molar-refractivity contribution in [2.24, 2.45) is 11.8 Å². The molecule has 0 unspecified atom stereocenters. The topological polar surface area (TPSA) is 49.0 Å². The summed E-state index contributed by atoms with van der Waals surface area (Å²) in [5.41, 5.74) is 3.30. The van der Waals surface area contributed by atoms with Crippen LogP contribution < -0.4 is 0 Å². The molecule has 1 saturated heterocycles. The molecule has 1 aromatic heterocycles. The number of carbonyl (C=O) groups is 1. The molecular weight excluding hydrogens is 250 g/mol. The number of carbonyl (C=O) groups excluding carboxylic acids is 1. The van der Waals surface area contributed by atoms with Crippen molar-refractivity contribution < 1.29 is 4.79 Å². The molecule has 3 atom stereocenters. The van der Waals surface area contributed by atoms with E-state index in [1.165, 1.54) is 5.56 Å². The van der Waals surface area contributed by atoms with Gasteiger partial charge in [-0.25, -0.2) is 0 Å². The van der Waals surface area contributed by atoms with E-state index in [4.69, 9.17) is 0 Å². The lowest BCUT2D eigenvalue weighted by atomic mass is 9.98. The summed E-state index contributed by atoms with van der Waals surface area (Å²) in [4.78, 5) is 14.8. The largest absolute Gasteiger partial charge is 0.339 e. The highest BCUT2D eigenvalue weighted by Gasteiger charge is 2.34. The summed E-state index contributed by atoms with van der Waals surface area (Å²) in [5, 5.41) is 7.22. The molecule has 0 radical (unpaired) electrons. The number of aromatic amines is 1. The Labute approximate surface area is 121 Å². The molecule has 1 amide bonds. The molecule has 0 aliphatic carbocycles. The number of hydrogen-bond donors (Lipinski definition) is 1. The quantitative estimate of drug-likeness (QED) is 0.920. The first kappa shape index (κ1) is 15.1. The van der Waals surface area contributed by atoms with E-state index < -0.39 is 0 Å². The molecule has 1 aliphatic heterocycles. The second-order valence-corrected chi connectivity index (χ2v) is 6.41. The van der Waals surface area contributed by atoms with Crippen LogP contribution in [-0.2, 0) is 11.2 Å². The fraction of sp³-hybridized carbons (Fsp3) is 0.750. The van der Waals surface area contributed by atoms with Crippen LogP contribution in [0.15, 0.2) is 0 Å². The van der Waals surface area contributed by atoms with Gasteiger partial charge in [-0.15, -0.1) is 0 Å². The monoisotopic (exact) mass is 277 g/mol. The smallest absolute Gasteiger partial charge is 0.225 e. The SMILES string of the molecule is CC[C@@H]1C[C@@H](C)CN1C(=O)[C@@H](C)Cc1c(C)n[nH]c1C. The lowest BCUT2D eigenvalue weighted by Gasteiger charge is -2.27. The number of nitrogens with zero attached hydrogens (tertiary/aromatic N) is 2. The number of rotatable bonds is 4. The summed E-state index contributed by atoms with van der Waals surface area (Å²) >= 11 is 0. The molecular formula is C16H27N3O. The zero-order valence-electron chi connectivity index (χ0n) is 13.4. The number of aryl methyl sites for hydroxylation is 2. The molecule has 1 aliphatic rings. The fourth-order valence-electron chi connectivity index (χ4n) is 3.36. The van der Waals surface area contributed by atoms with Crippen LogP contribution in [0.4, 0.5) is 0 Å². The number of amides is 1. The molecule has 4 nitrogen and oxygen atoms in total. The van der Waals surface area contributed by atoms with Crippen LogP contribution in [0.2, 0.25) is 0 Å². The summed E-state index contributed by atoms with van der Waals surface area (Å²) in [6.45, 7) is 11.4. The van der Waals surface area contributed by atoms with Crippen molar-refractivity contribution in [1.29, 1.82) is 0 Å². The summed E-state index contributed by atoms with van der Waals surface area (Å²) in [7, 11) is 0. The van der Waals surface area contributed by atoms with E-state index in [1.807, 2.05) is 20.8 Å². The van der Waals surface area contributed by atoms with Gasteiger partial charge in [-0.05, 0) is 44.6 Å². The van der Waals surface area contributed by atoms with Crippen molar-refractivity contribution >= 4 is 5.91 Å². The van der Waals surface area contributed by atoms with Gasteiger partial charge in [0.1, 0.15) is 0 Å². The summed E-state index contributed by atoms with van der Waals surface area (Å²) in [5.74, 6) is 0.971. The van der Waals surface area contributed by atoms with E-state index in [0.717, 1.165) is 37.2 Å². The summed E-state index contributed by atoms with van der Waals surface area (Å²) in [6.07, 6.45) is 3.00. The third-order valence-corrected chi connectivity index (χ3v) is 4.59. The van der Waals surface area contributed by atoms with E-state index in [2.05, 4.69) is 28.9 Å². The predicted octanol–water partition coefficient (Wildman–Crippen LogP) is 2.85. The van der Waals surface area contributed by atoms with Crippen molar-refractivity contribution in [2.75, 3.05) is 6.54 Å². The summed E-state index contributed by atoms with van der Waals surface area (Å²) in [6, 6.07) is 0.437. The number of likely N-dealkylation sites (tertiary alicyclic amines) is 1. The van der Waals surface area contributed by atoms with Gasteiger partial charge in [-0.3, -0.25) is 9.89 Å². The van der Waals surface area contributed by atoms with Crippen LogP contribution in [0, 0.1) is 25.7 Å². The van der Waals surface area contributed by atoms with E-state index >= 15 is 0 Å². The van der Waals surface area contributed by atoms with Crippen LogP contribution in [0.1, 0.15) is 50.6 Å². The first-order chi connectivity index (χ1) is 9.43.